The van der Waals surface area contributed by atoms with E-state index in [0.717, 1.165) is 0 Å². The van der Waals surface area contributed by atoms with Crippen LogP contribution in [-0.2, 0) is 4.79 Å². The number of nitrogens with one attached hydrogen (secondary N) is 3. The molecule has 8 nitrogen and oxygen atoms in total. The number of hydrogen-bond donors (Lipinski definition) is 3. The first-order valence-corrected chi connectivity index (χ1v) is 7.87. The van der Waals surface area contributed by atoms with Crippen LogP contribution in [0.2, 0.25) is 5.02 Å². The number of ether oxygens (including phenoxy) is 1. The summed E-state index contributed by atoms with van der Waals surface area (Å²) in [5.41, 5.74) is 4.03. The van der Waals surface area contributed by atoms with Gasteiger partial charge in [0.05, 0.1) is 5.39 Å². The first kappa shape index (κ1) is 17.4. The summed E-state index contributed by atoms with van der Waals surface area (Å²) in [6, 6.07) is 13.0. The van der Waals surface area contributed by atoms with E-state index in [0.29, 0.717) is 21.5 Å². The Balaban J connectivity index is 1.60. The first-order chi connectivity index (χ1) is 12.5. The maximum Gasteiger partial charge on any atom is 0.290 e. The molecule has 3 N–H and O–H groups in total. The summed E-state index contributed by atoms with van der Waals surface area (Å²) < 4.78 is 5.26. The summed E-state index contributed by atoms with van der Waals surface area (Å²) in [6.07, 6.45) is 0. The fourth-order valence-electron chi connectivity index (χ4n) is 2.19. The molecule has 26 heavy (non-hydrogen) atoms. The molecule has 0 aliphatic carbocycles. The zero-order valence-corrected chi connectivity index (χ0v) is 14.0. The lowest BCUT2D eigenvalue weighted by atomic mass is 10.1. The maximum absolute atomic E-state index is 12.2. The lowest BCUT2D eigenvalue weighted by Crippen LogP contribution is -2.44. The van der Waals surface area contributed by atoms with Crippen LogP contribution >= 0.6 is 11.6 Å². The predicted octanol–water partition coefficient (Wildman–Crippen LogP) is 1.42. The molecule has 0 saturated heterocycles. The molecule has 2 aromatic carbocycles. The van der Waals surface area contributed by atoms with Gasteiger partial charge in [-0.2, -0.15) is 5.10 Å². The first-order valence-electron chi connectivity index (χ1n) is 7.49. The summed E-state index contributed by atoms with van der Waals surface area (Å²) in [7, 11) is 0. The second-order valence-electron chi connectivity index (χ2n) is 5.19. The number of aromatic amines is 1. The van der Waals surface area contributed by atoms with Gasteiger partial charge in [-0.25, -0.2) is 5.10 Å². The standard InChI is InChI=1S/C17H13ClN4O4/c18-10-5-7-11(8-6-10)26-9-14(23)19-22-17(25)15-12-3-1-2-4-13(12)16(24)21-20-15/h1-8H,9H2,(H,19,23)(H,21,24)(H,22,25). The molecule has 0 fully saturated rings. The van der Waals surface area contributed by atoms with Crippen LogP contribution in [0, 0.1) is 0 Å². The number of benzene rings is 2. The van der Waals surface area contributed by atoms with Gasteiger partial charge in [0, 0.05) is 10.4 Å². The van der Waals surface area contributed by atoms with E-state index in [1.54, 1.807) is 48.5 Å². The Kier molecular flexibility index (Phi) is 5.14. The highest BCUT2D eigenvalue weighted by Crippen LogP contribution is 2.15. The van der Waals surface area contributed by atoms with Crippen LogP contribution in [-0.4, -0.2) is 28.6 Å². The number of rotatable bonds is 4. The molecule has 0 radical (unpaired) electrons. The summed E-state index contributed by atoms with van der Waals surface area (Å²) in [4.78, 5) is 35.7. The van der Waals surface area contributed by atoms with Crippen LogP contribution in [0.5, 0.6) is 5.75 Å². The molecule has 1 heterocycles. The number of fused-ring (bicyclic) bond motifs is 1. The molecule has 0 unspecified atom stereocenters. The zero-order chi connectivity index (χ0) is 18.5. The minimum Gasteiger partial charge on any atom is -0.484 e. The summed E-state index contributed by atoms with van der Waals surface area (Å²) in [6.45, 7) is -0.304. The van der Waals surface area contributed by atoms with Crippen LogP contribution < -0.4 is 21.1 Å². The molecule has 0 saturated carbocycles. The number of amides is 2. The van der Waals surface area contributed by atoms with Gasteiger partial charge in [-0.15, -0.1) is 0 Å². The molecule has 0 atom stereocenters. The monoisotopic (exact) mass is 372 g/mol. The number of hydrazine groups is 1. The molecule has 0 spiro atoms. The molecule has 3 rings (SSSR count). The highest BCUT2D eigenvalue weighted by molar-refractivity contribution is 6.30. The number of carbonyl (C=O) groups is 2. The van der Waals surface area contributed by atoms with E-state index in [2.05, 4.69) is 21.0 Å². The fourth-order valence-corrected chi connectivity index (χ4v) is 2.32. The van der Waals surface area contributed by atoms with E-state index in [1.165, 1.54) is 0 Å². The van der Waals surface area contributed by atoms with Gasteiger partial charge in [-0.05, 0) is 30.3 Å². The molecule has 1 aromatic heterocycles. The van der Waals surface area contributed by atoms with Gasteiger partial charge < -0.3 is 4.74 Å². The highest BCUT2D eigenvalue weighted by Gasteiger charge is 2.14. The van der Waals surface area contributed by atoms with Crippen molar-refractivity contribution in [3.8, 4) is 5.75 Å². The third kappa shape index (κ3) is 3.98. The van der Waals surface area contributed by atoms with Crippen molar-refractivity contribution >= 4 is 34.2 Å². The van der Waals surface area contributed by atoms with E-state index >= 15 is 0 Å². The molecule has 132 valence electrons. The lowest BCUT2D eigenvalue weighted by Gasteiger charge is -2.09. The van der Waals surface area contributed by atoms with Gasteiger partial charge >= 0.3 is 0 Å². The van der Waals surface area contributed by atoms with Crippen molar-refractivity contribution < 1.29 is 14.3 Å². The quantitative estimate of drug-likeness (QED) is 0.599. The maximum atomic E-state index is 12.2. The van der Waals surface area contributed by atoms with Crippen LogP contribution in [0.25, 0.3) is 10.8 Å². The van der Waals surface area contributed by atoms with E-state index in [9.17, 15) is 14.4 Å². The lowest BCUT2D eigenvalue weighted by molar-refractivity contribution is -0.123. The van der Waals surface area contributed by atoms with Crippen molar-refractivity contribution in [3.63, 3.8) is 0 Å². The van der Waals surface area contributed by atoms with Gasteiger partial charge in [0.2, 0.25) is 0 Å². The molecule has 0 aliphatic heterocycles. The second-order valence-corrected chi connectivity index (χ2v) is 5.63. The molecule has 9 heteroatoms. The van der Waals surface area contributed by atoms with Gasteiger partial charge in [-0.3, -0.25) is 25.2 Å². The molecular weight excluding hydrogens is 360 g/mol. The Morgan fingerprint density at radius 2 is 1.73 bits per heavy atom. The van der Waals surface area contributed by atoms with Crippen LogP contribution in [0.4, 0.5) is 0 Å². The predicted molar refractivity (Wildman–Crippen MR) is 94.9 cm³/mol. The van der Waals surface area contributed by atoms with Crippen molar-refractivity contribution in [1.29, 1.82) is 0 Å². The normalized spacial score (nSPS) is 10.3. The van der Waals surface area contributed by atoms with E-state index < -0.39 is 17.4 Å². The summed E-state index contributed by atoms with van der Waals surface area (Å²) in [5.74, 6) is -0.775. The van der Waals surface area contributed by atoms with Crippen molar-refractivity contribution in [2.24, 2.45) is 0 Å². The van der Waals surface area contributed by atoms with Crippen LogP contribution in [0.1, 0.15) is 10.5 Å². The Hall–Kier alpha value is -3.39. The van der Waals surface area contributed by atoms with E-state index in [1.807, 2.05) is 0 Å². The molecular formula is C17H13ClN4O4. The zero-order valence-electron chi connectivity index (χ0n) is 13.3. The Bertz CT molecular complexity index is 1020. The van der Waals surface area contributed by atoms with Gasteiger partial charge in [0.15, 0.2) is 12.3 Å². The average Bonchev–Trinajstić information content (AvgIpc) is 2.66. The Morgan fingerprint density at radius 3 is 2.46 bits per heavy atom. The van der Waals surface area contributed by atoms with E-state index in [4.69, 9.17) is 16.3 Å². The Labute approximate surface area is 152 Å². The number of hydrogen-bond acceptors (Lipinski definition) is 5. The second kappa shape index (κ2) is 7.66. The Morgan fingerprint density at radius 1 is 1.04 bits per heavy atom. The molecule has 3 aromatic rings. The van der Waals surface area contributed by atoms with Crippen LogP contribution in [0.3, 0.4) is 0 Å². The number of carbonyl (C=O) groups excluding carboxylic acids is 2. The van der Waals surface area contributed by atoms with E-state index in [-0.39, 0.29) is 12.3 Å². The van der Waals surface area contributed by atoms with Crippen molar-refractivity contribution in [2.75, 3.05) is 6.61 Å². The molecule has 0 aliphatic rings. The third-order valence-corrected chi connectivity index (χ3v) is 3.66. The fraction of sp³-hybridized carbons (Fsp3) is 0.0588. The molecule has 0 bridgehead atoms. The minimum atomic E-state index is -0.669. The van der Waals surface area contributed by atoms with Crippen molar-refractivity contribution in [1.82, 2.24) is 21.0 Å². The topological polar surface area (TPSA) is 113 Å². The number of nitrogens with zero attached hydrogens (tertiary/aromatic N) is 1. The number of H-pyrrole nitrogens is 1. The molecule has 2 amide bonds. The number of aromatic nitrogens is 2. The summed E-state index contributed by atoms with van der Waals surface area (Å²) in [5, 5.41) is 7.24. The van der Waals surface area contributed by atoms with Gasteiger partial charge in [0.25, 0.3) is 17.4 Å². The smallest absolute Gasteiger partial charge is 0.290 e. The van der Waals surface area contributed by atoms with Crippen molar-refractivity contribution in [2.45, 2.75) is 0 Å². The van der Waals surface area contributed by atoms with Gasteiger partial charge in [0.1, 0.15) is 5.75 Å². The largest absolute Gasteiger partial charge is 0.484 e. The number of halogens is 1. The van der Waals surface area contributed by atoms with Gasteiger partial charge in [-0.1, -0.05) is 29.8 Å². The SMILES string of the molecule is O=C(COc1ccc(Cl)cc1)NNC(=O)c1n[nH]c(=O)c2ccccc12. The minimum absolute atomic E-state index is 0.0147. The third-order valence-electron chi connectivity index (χ3n) is 3.41. The van der Waals surface area contributed by atoms with Crippen LogP contribution in [0.15, 0.2) is 53.3 Å². The highest BCUT2D eigenvalue weighted by atomic mass is 35.5. The van der Waals surface area contributed by atoms with Crippen molar-refractivity contribution in [3.05, 3.63) is 69.6 Å². The summed E-state index contributed by atoms with van der Waals surface area (Å²) >= 11 is 5.76. The average molecular weight is 373 g/mol.